The number of methoxy groups -OCH3 is 1. The summed E-state index contributed by atoms with van der Waals surface area (Å²) in [4.78, 5) is 0. The van der Waals surface area contributed by atoms with Gasteiger partial charge in [0, 0.05) is 13.2 Å². The lowest BCUT2D eigenvalue weighted by atomic mass is 10.1. The van der Waals surface area contributed by atoms with Crippen LogP contribution in [0.3, 0.4) is 0 Å². The summed E-state index contributed by atoms with van der Waals surface area (Å²) in [6.45, 7) is 7.63. The van der Waals surface area contributed by atoms with Crippen LogP contribution in [0, 0.1) is 0 Å². The summed E-state index contributed by atoms with van der Waals surface area (Å²) >= 11 is 6.22. The molecule has 3 nitrogen and oxygen atoms in total. The Balaban J connectivity index is 2.73. The van der Waals surface area contributed by atoms with E-state index in [0.29, 0.717) is 17.4 Å². The van der Waals surface area contributed by atoms with Crippen molar-refractivity contribution < 1.29 is 9.47 Å². The summed E-state index contributed by atoms with van der Waals surface area (Å²) in [6, 6.07) is 6.19. The first-order chi connectivity index (χ1) is 8.58. The Morgan fingerprint density at radius 1 is 1.33 bits per heavy atom. The van der Waals surface area contributed by atoms with Gasteiger partial charge in [0.1, 0.15) is 11.9 Å². The highest BCUT2D eigenvalue weighted by atomic mass is 35.5. The van der Waals surface area contributed by atoms with Crippen LogP contribution < -0.4 is 10.1 Å². The van der Waals surface area contributed by atoms with Crippen LogP contribution in [0.5, 0.6) is 5.75 Å². The highest BCUT2D eigenvalue weighted by Crippen LogP contribution is 2.28. The fourth-order valence-electron chi connectivity index (χ4n) is 1.79. The second kappa shape index (κ2) is 7.62. The highest BCUT2D eigenvalue weighted by Gasteiger charge is 2.10. The lowest BCUT2D eigenvalue weighted by Crippen LogP contribution is -2.19. The number of nitrogens with one attached hydrogen (secondary N) is 1. The molecule has 2 atom stereocenters. The number of benzene rings is 1. The number of rotatable bonds is 7. The smallest absolute Gasteiger partial charge is 0.138 e. The summed E-state index contributed by atoms with van der Waals surface area (Å²) in [5.74, 6) is 0.702. The van der Waals surface area contributed by atoms with E-state index in [-0.39, 0.29) is 12.1 Å². The van der Waals surface area contributed by atoms with Gasteiger partial charge in [0.25, 0.3) is 0 Å². The molecule has 0 fully saturated rings. The Labute approximate surface area is 114 Å². The summed E-state index contributed by atoms with van der Waals surface area (Å²) in [5, 5.41) is 3.99. The molecule has 102 valence electrons. The van der Waals surface area contributed by atoms with Crippen LogP contribution in [0.2, 0.25) is 5.02 Å². The minimum atomic E-state index is -0.00968. The molecule has 0 saturated heterocycles. The van der Waals surface area contributed by atoms with E-state index in [4.69, 9.17) is 21.1 Å². The van der Waals surface area contributed by atoms with E-state index in [0.717, 1.165) is 12.1 Å². The van der Waals surface area contributed by atoms with Gasteiger partial charge in [0.15, 0.2) is 0 Å². The Morgan fingerprint density at radius 3 is 2.61 bits per heavy atom. The summed E-state index contributed by atoms with van der Waals surface area (Å²) < 4.78 is 10.7. The van der Waals surface area contributed by atoms with Gasteiger partial charge < -0.3 is 14.8 Å². The Hall–Kier alpha value is -0.770. The molecule has 18 heavy (non-hydrogen) atoms. The third kappa shape index (κ3) is 4.48. The van der Waals surface area contributed by atoms with Gasteiger partial charge in [-0.1, -0.05) is 24.6 Å². The molecule has 0 heterocycles. The van der Waals surface area contributed by atoms with Crippen LogP contribution >= 0.6 is 11.6 Å². The molecular weight excluding hydrogens is 250 g/mol. The van der Waals surface area contributed by atoms with Crippen LogP contribution in [0.4, 0.5) is 0 Å². The second-order valence-electron chi connectivity index (χ2n) is 4.35. The highest BCUT2D eigenvalue weighted by molar-refractivity contribution is 6.32. The molecule has 1 N–H and O–H groups in total. The summed E-state index contributed by atoms with van der Waals surface area (Å²) in [7, 11) is 1.66. The normalized spacial score (nSPS) is 14.3. The molecule has 0 bridgehead atoms. The molecule has 0 aliphatic heterocycles. The average Bonchev–Trinajstić information content (AvgIpc) is 2.32. The van der Waals surface area contributed by atoms with Crippen molar-refractivity contribution >= 4 is 11.6 Å². The Bertz CT molecular complexity index is 371. The second-order valence-corrected chi connectivity index (χ2v) is 4.76. The molecular formula is C14H22ClNO2. The van der Waals surface area contributed by atoms with Gasteiger partial charge >= 0.3 is 0 Å². The largest absolute Gasteiger partial charge is 0.487 e. The quantitative estimate of drug-likeness (QED) is 0.824. The molecule has 0 spiro atoms. The van der Waals surface area contributed by atoms with E-state index < -0.39 is 0 Å². The molecule has 1 rings (SSSR count). The minimum absolute atomic E-state index is 0.00968. The van der Waals surface area contributed by atoms with E-state index in [9.17, 15) is 0 Å². The first kappa shape index (κ1) is 15.3. The van der Waals surface area contributed by atoms with Gasteiger partial charge in [-0.2, -0.15) is 0 Å². The number of ether oxygens (including phenoxy) is 2. The molecule has 0 radical (unpaired) electrons. The topological polar surface area (TPSA) is 30.5 Å². The fourth-order valence-corrected chi connectivity index (χ4v) is 2.03. The molecule has 0 aromatic heterocycles. The predicted molar refractivity (Wildman–Crippen MR) is 75.5 cm³/mol. The molecule has 1 aromatic rings. The van der Waals surface area contributed by atoms with Gasteiger partial charge in [-0.3, -0.25) is 0 Å². The van der Waals surface area contributed by atoms with E-state index in [2.05, 4.69) is 19.2 Å². The van der Waals surface area contributed by atoms with Gasteiger partial charge in [-0.25, -0.2) is 0 Å². The monoisotopic (exact) mass is 271 g/mol. The molecule has 1 aromatic carbocycles. The van der Waals surface area contributed by atoms with Gasteiger partial charge in [-0.15, -0.1) is 0 Å². The molecule has 0 aliphatic rings. The maximum absolute atomic E-state index is 6.22. The maximum atomic E-state index is 6.22. The van der Waals surface area contributed by atoms with Crippen LogP contribution in [0.15, 0.2) is 18.2 Å². The molecule has 2 unspecified atom stereocenters. The van der Waals surface area contributed by atoms with E-state index >= 15 is 0 Å². The van der Waals surface area contributed by atoms with E-state index in [1.54, 1.807) is 7.11 Å². The number of hydrogen-bond donors (Lipinski definition) is 1. The maximum Gasteiger partial charge on any atom is 0.138 e. The van der Waals surface area contributed by atoms with Crippen LogP contribution in [-0.4, -0.2) is 26.4 Å². The molecule has 0 amide bonds. The van der Waals surface area contributed by atoms with E-state index in [1.165, 1.54) is 0 Å². The number of hydrogen-bond acceptors (Lipinski definition) is 3. The van der Waals surface area contributed by atoms with Gasteiger partial charge in [0.05, 0.1) is 11.6 Å². The predicted octanol–water partition coefficient (Wildman–Crippen LogP) is 3.42. The fraction of sp³-hybridized carbons (Fsp3) is 0.571. The lowest BCUT2D eigenvalue weighted by molar-refractivity contribution is 0.0921. The first-order valence-electron chi connectivity index (χ1n) is 6.26. The van der Waals surface area contributed by atoms with Crippen molar-refractivity contribution in [1.82, 2.24) is 5.32 Å². The van der Waals surface area contributed by atoms with Gasteiger partial charge in [-0.05, 0) is 38.1 Å². The van der Waals surface area contributed by atoms with Crippen molar-refractivity contribution in [2.24, 2.45) is 0 Å². The third-order valence-corrected chi connectivity index (χ3v) is 2.99. The lowest BCUT2D eigenvalue weighted by Gasteiger charge is -2.17. The Morgan fingerprint density at radius 2 is 2.06 bits per heavy atom. The first-order valence-corrected chi connectivity index (χ1v) is 6.64. The van der Waals surface area contributed by atoms with Crippen molar-refractivity contribution in [3.8, 4) is 5.75 Å². The van der Waals surface area contributed by atoms with Crippen LogP contribution in [0.25, 0.3) is 0 Å². The van der Waals surface area contributed by atoms with Crippen molar-refractivity contribution in [3.63, 3.8) is 0 Å². The van der Waals surface area contributed by atoms with Crippen molar-refractivity contribution in [2.45, 2.75) is 32.9 Å². The van der Waals surface area contributed by atoms with Crippen molar-refractivity contribution in [3.05, 3.63) is 28.8 Å². The average molecular weight is 272 g/mol. The summed E-state index contributed by atoms with van der Waals surface area (Å²) in [6.07, 6.45) is -0.00968. The van der Waals surface area contributed by atoms with Crippen molar-refractivity contribution in [1.29, 1.82) is 0 Å². The number of halogens is 1. The zero-order valence-electron chi connectivity index (χ0n) is 11.5. The zero-order chi connectivity index (χ0) is 13.5. The van der Waals surface area contributed by atoms with Gasteiger partial charge in [0.2, 0.25) is 0 Å². The van der Waals surface area contributed by atoms with Crippen molar-refractivity contribution in [2.75, 3.05) is 20.3 Å². The zero-order valence-corrected chi connectivity index (χ0v) is 12.3. The molecule has 0 saturated carbocycles. The molecule has 0 aliphatic carbocycles. The Kier molecular flexibility index (Phi) is 6.47. The minimum Gasteiger partial charge on any atom is -0.487 e. The van der Waals surface area contributed by atoms with Crippen LogP contribution in [-0.2, 0) is 4.74 Å². The van der Waals surface area contributed by atoms with Crippen LogP contribution in [0.1, 0.15) is 32.4 Å². The summed E-state index contributed by atoms with van der Waals surface area (Å²) in [5.41, 5.74) is 1.16. The molecule has 4 heteroatoms. The third-order valence-electron chi connectivity index (χ3n) is 2.70. The standard InChI is InChI=1S/C14H22ClNO2/c1-5-16-11(3)12-6-7-14(13(15)8-12)18-10(2)9-17-4/h6-8,10-11,16H,5,9H2,1-4H3. The SMILES string of the molecule is CCNC(C)c1ccc(OC(C)COC)c(Cl)c1. The van der Waals surface area contributed by atoms with E-state index in [1.807, 2.05) is 25.1 Å².